The van der Waals surface area contributed by atoms with E-state index in [9.17, 15) is 9.18 Å². The number of carbonyl (C=O) groups is 1. The minimum atomic E-state index is -0.622. The predicted octanol–water partition coefficient (Wildman–Crippen LogP) is 1.97. The van der Waals surface area contributed by atoms with Crippen LogP contribution in [0.3, 0.4) is 0 Å². The quantitative estimate of drug-likeness (QED) is 0.830. The van der Waals surface area contributed by atoms with Gasteiger partial charge in [0.05, 0.1) is 7.11 Å². The highest BCUT2D eigenvalue weighted by Crippen LogP contribution is 2.21. The molecule has 0 aliphatic carbocycles. The zero-order valence-corrected chi connectivity index (χ0v) is 11.4. The van der Waals surface area contributed by atoms with Crippen LogP contribution in [0.5, 0.6) is 5.75 Å². The lowest BCUT2D eigenvalue weighted by Crippen LogP contribution is -2.39. The third-order valence-electron chi connectivity index (χ3n) is 2.98. The maximum absolute atomic E-state index is 13.7. The molecule has 1 amide bonds. The Balaban J connectivity index is 2.94. The van der Waals surface area contributed by atoms with Gasteiger partial charge in [0.2, 0.25) is 0 Å². The molecule has 0 saturated heterocycles. The first kappa shape index (κ1) is 15.4. The summed E-state index contributed by atoms with van der Waals surface area (Å²) in [5, 5.41) is 11.7. The molecule has 0 radical (unpaired) electrons. The monoisotopic (exact) mass is 269 g/mol. The zero-order chi connectivity index (χ0) is 14.4. The molecule has 1 unspecified atom stereocenters. The van der Waals surface area contributed by atoms with Crippen molar-refractivity contribution in [1.82, 2.24) is 5.32 Å². The van der Waals surface area contributed by atoms with Crippen LogP contribution in [0, 0.1) is 11.7 Å². The number of rotatable bonds is 6. The summed E-state index contributed by atoms with van der Waals surface area (Å²) in [6.45, 7) is 3.83. The fourth-order valence-electron chi connectivity index (χ4n) is 1.85. The van der Waals surface area contributed by atoms with E-state index in [4.69, 9.17) is 9.84 Å². The molecule has 0 spiro atoms. The standard InChI is InChI=1S/C14H20FNO3/c1-9(2)11(7-8-17)16-14(18)13-10(15)5-4-6-12(13)19-3/h4-6,9,11,17H,7-8H2,1-3H3,(H,16,18). The maximum Gasteiger partial charge on any atom is 0.258 e. The first-order chi connectivity index (χ1) is 9.01. The van der Waals surface area contributed by atoms with E-state index in [0.717, 1.165) is 0 Å². The van der Waals surface area contributed by atoms with Gasteiger partial charge in [0.1, 0.15) is 17.1 Å². The molecule has 106 valence electrons. The molecule has 4 nitrogen and oxygen atoms in total. The normalized spacial score (nSPS) is 12.3. The van der Waals surface area contributed by atoms with Crippen molar-refractivity contribution in [3.63, 3.8) is 0 Å². The van der Waals surface area contributed by atoms with Gasteiger partial charge in [-0.3, -0.25) is 4.79 Å². The Morgan fingerprint density at radius 1 is 1.47 bits per heavy atom. The van der Waals surface area contributed by atoms with Crippen LogP contribution in [0.4, 0.5) is 4.39 Å². The van der Waals surface area contributed by atoms with Crippen molar-refractivity contribution in [3.8, 4) is 5.75 Å². The second-order valence-electron chi connectivity index (χ2n) is 4.65. The number of aliphatic hydroxyl groups is 1. The molecule has 2 N–H and O–H groups in total. The van der Waals surface area contributed by atoms with Gasteiger partial charge in [0.15, 0.2) is 0 Å². The number of amides is 1. The number of hydrogen-bond acceptors (Lipinski definition) is 3. The van der Waals surface area contributed by atoms with Crippen LogP contribution in [-0.4, -0.2) is 30.8 Å². The number of halogens is 1. The van der Waals surface area contributed by atoms with Crippen molar-refractivity contribution in [3.05, 3.63) is 29.6 Å². The van der Waals surface area contributed by atoms with Crippen molar-refractivity contribution in [2.45, 2.75) is 26.3 Å². The Morgan fingerprint density at radius 2 is 2.16 bits per heavy atom. The van der Waals surface area contributed by atoms with Gasteiger partial charge in [-0.05, 0) is 24.5 Å². The summed E-state index contributed by atoms with van der Waals surface area (Å²) >= 11 is 0. The Morgan fingerprint density at radius 3 is 2.68 bits per heavy atom. The molecule has 5 heteroatoms. The number of hydrogen-bond donors (Lipinski definition) is 2. The van der Waals surface area contributed by atoms with Gasteiger partial charge in [-0.2, -0.15) is 0 Å². The van der Waals surface area contributed by atoms with Crippen molar-refractivity contribution in [2.24, 2.45) is 5.92 Å². The smallest absolute Gasteiger partial charge is 0.258 e. The Labute approximate surface area is 112 Å². The van der Waals surface area contributed by atoms with Crippen LogP contribution in [0.1, 0.15) is 30.6 Å². The lowest BCUT2D eigenvalue weighted by atomic mass is 10.0. The summed E-state index contributed by atoms with van der Waals surface area (Å²) in [5.74, 6) is -0.802. The first-order valence-electron chi connectivity index (χ1n) is 6.25. The summed E-state index contributed by atoms with van der Waals surface area (Å²) in [4.78, 5) is 12.1. The van der Waals surface area contributed by atoms with Gasteiger partial charge in [0.25, 0.3) is 5.91 Å². The number of carbonyl (C=O) groups excluding carboxylic acids is 1. The van der Waals surface area contributed by atoms with Crippen molar-refractivity contribution in [2.75, 3.05) is 13.7 Å². The van der Waals surface area contributed by atoms with Crippen LogP contribution in [0.2, 0.25) is 0 Å². The molecule has 1 aromatic carbocycles. The summed E-state index contributed by atoms with van der Waals surface area (Å²) in [6.07, 6.45) is 0.431. The highest BCUT2D eigenvalue weighted by molar-refractivity contribution is 5.97. The van der Waals surface area contributed by atoms with Crippen molar-refractivity contribution in [1.29, 1.82) is 0 Å². The molecule has 19 heavy (non-hydrogen) atoms. The largest absolute Gasteiger partial charge is 0.496 e. The van der Waals surface area contributed by atoms with Gasteiger partial charge in [-0.25, -0.2) is 4.39 Å². The van der Waals surface area contributed by atoms with Crippen LogP contribution >= 0.6 is 0 Å². The Hall–Kier alpha value is -1.62. The number of aliphatic hydroxyl groups excluding tert-OH is 1. The van der Waals surface area contributed by atoms with E-state index in [1.807, 2.05) is 13.8 Å². The van der Waals surface area contributed by atoms with Crippen LogP contribution < -0.4 is 10.1 Å². The summed E-state index contributed by atoms with van der Waals surface area (Å²) < 4.78 is 18.7. The van der Waals surface area contributed by atoms with Crippen LogP contribution in [-0.2, 0) is 0 Å². The third kappa shape index (κ3) is 3.92. The number of methoxy groups -OCH3 is 1. The number of ether oxygens (including phenoxy) is 1. The van der Waals surface area contributed by atoms with Gasteiger partial charge >= 0.3 is 0 Å². The lowest BCUT2D eigenvalue weighted by Gasteiger charge is -2.22. The maximum atomic E-state index is 13.7. The number of nitrogens with one attached hydrogen (secondary N) is 1. The fourth-order valence-corrected chi connectivity index (χ4v) is 1.85. The zero-order valence-electron chi connectivity index (χ0n) is 11.4. The van der Waals surface area contributed by atoms with Crippen LogP contribution in [0.25, 0.3) is 0 Å². The molecule has 1 atom stereocenters. The lowest BCUT2D eigenvalue weighted by molar-refractivity contribution is 0.0909. The van der Waals surface area contributed by atoms with Gasteiger partial charge in [-0.15, -0.1) is 0 Å². The van der Waals surface area contributed by atoms with E-state index in [-0.39, 0.29) is 29.9 Å². The highest BCUT2D eigenvalue weighted by atomic mass is 19.1. The van der Waals surface area contributed by atoms with E-state index in [1.54, 1.807) is 0 Å². The number of benzene rings is 1. The van der Waals surface area contributed by atoms with Gasteiger partial charge in [-0.1, -0.05) is 19.9 Å². The van der Waals surface area contributed by atoms with E-state index < -0.39 is 11.7 Å². The topological polar surface area (TPSA) is 58.6 Å². The van der Waals surface area contributed by atoms with Gasteiger partial charge in [0, 0.05) is 12.6 Å². The molecule has 0 aromatic heterocycles. The van der Waals surface area contributed by atoms with E-state index in [1.165, 1.54) is 25.3 Å². The molecule has 1 rings (SSSR count). The Bertz CT molecular complexity index is 435. The second kappa shape index (κ2) is 7.09. The molecule has 0 fully saturated rings. The predicted molar refractivity (Wildman–Crippen MR) is 70.7 cm³/mol. The molecule has 0 bridgehead atoms. The molecule has 0 aliphatic heterocycles. The Kier molecular flexibility index (Phi) is 5.76. The average molecular weight is 269 g/mol. The highest BCUT2D eigenvalue weighted by Gasteiger charge is 2.22. The summed E-state index contributed by atoms with van der Waals surface area (Å²) in [7, 11) is 1.39. The minimum Gasteiger partial charge on any atom is -0.496 e. The molecule has 1 aromatic rings. The minimum absolute atomic E-state index is 0.0302. The van der Waals surface area contributed by atoms with E-state index in [0.29, 0.717) is 6.42 Å². The fraction of sp³-hybridized carbons (Fsp3) is 0.500. The third-order valence-corrected chi connectivity index (χ3v) is 2.98. The van der Waals surface area contributed by atoms with Gasteiger partial charge < -0.3 is 15.2 Å². The molecule has 0 heterocycles. The molecular weight excluding hydrogens is 249 g/mol. The summed E-state index contributed by atoms with van der Waals surface area (Å²) in [6, 6.07) is 4.03. The van der Waals surface area contributed by atoms with E-state index >= 15 is 0 Å². The molecular formula is C14H20FNO3. The second-order valence-corrected chi connectivity index (χ2v) is 4.65. The SMILES string of the molecule is COc1cccc(F)c1C(=O)NC(CCO)C(C)C. The first-order valence-corrected chi connectivity index (χ1v) is 6.25. The van der Waals surface area contributed by atoms with Crippen molar-refractivity contribution >= 4 is 5.91 Å². The van der Waals surface area contributed by atoms with Crippen molar-refractivity contribution < 1.29 is 19.0 Å². The molecule has 0 saturated carbocycles. The van der Waals surface area contributed by atoms with Crippen LogP contribution in [0.15, 0.2) is 18.2 Å². The summed E-state index contributed by atoms with van der Waals surface area (Å²) in [5.41, 5.74) is -0.103. The molecule has 0 aliphatic rings. The van der Waals surface area contributed by atoms with E-state index in [2.05, 4.69) is 5.32 Å². The average Bonchev–Trinajstić information content (AvgIpc) is 2.37.